The van der Waals surface area contributed by atoms with Crippen molar-refractivity contribution in [3.05, 3.63) is 29.8 Å². The molecule has 1 saturated carbocycles. The zero-order chi connectivity index (χ0) is 13.7. The molecule has 2 N–H and O–H groups in total. The number of hydrogen-bond donors (Lipinski definition) is 2. The lowest BCUT2D eigenvalue weighted by Gasteiger charge is -2.18. The quantitative estimate of drug-likeness (QED) is 0.520. The summed E-state index contributed by atoms with van der Waals surface area (Å²) in [5, 5.41) is 18.6. The second-order valence-corrected chi connectivity index (χ2v) is 5.33. The Kier molecular flexibility index (Phi) is 5.40. The predicted molar refractivity (Wildman–Crippen MR) is 76.1 cm³/mol. The second-order valence-electron chi connectivity index (χ2n) is 5.33. The van der Waals surface area contributed by atoms with Crippen LogP contribution in [0, 0.1) is 5.92 Å². The molecule has 0 saturated heterocycles. The summed E-state index contributed by atoms with van der Waals surface area (Å²) in [5.74, 6) is 0.801. The average molecular weight is 263 g/mol. The maximum atomic E-state index is 9.31. The number of hydrogen-bond acceptors (Lipinski definition) is 4. The Labute approximate surface area is 115 Å². The number of rotatable bonds is 8. The van der Waals surface area contributed by atoms with E-state index in [-0.39, 0.29) is 0 Å². The molecule has 0 spiro atoms. The summed E-state index contributed by atoms with van der Waals surface area (Å²) in [6.45, 7) is 3.17. The molecule has 0 unspecified atom stereocenters. The second kappa shape index (κ2) is 7.05. The minimum absolute atomic E-state index is 0.577. The summed E-state index contributed by atoms with van der Waals surface area (Å²) in [7, 11) is 0.608. The predicted octanol–water partition coefficient (Wildman–Crippen LogP) is 0.225. The Morgan fingerprint density at radius 3 is 2.74 bits per heavy atom. The monoisotopic (exact) mass is 263 g/mol. The van der Waals surface area contributed by atoms with Crippen LogP contribution in [0.2, 0.25) is 0 Å². The van der Waals surface area contributed by atoms with Gasteiger partial charge in [-0.3, -0.25) is 4.90 Å². The van der Waals surface area contributed by atoms with Crippen LogP contribution in [0.3, 0.4) is 0 Å². The number of ether oxygens (including phenoxy) is 1. The van der Waals surface area contributed by atoms with Gasteiger partial charge in [0.25, 0.3) is 0 Å². The van der Waals surface area contributed by atoms with Crippen LogP contribution in [0.1, 0.15) is 18.4 Å². The zero-order valence-electron chi connectivity index (χ0n) is 11.5. The molecular formula is C14H22BNO3. The molecule has 0 bridgehead atoms. The van der Waals surface area contributed by atoms with Gasteiger partial charge in [0.2, 0.25) is 0 Å². The highest BCUT2D eigenvalue weighted by atomic mass is 16.5. The molecule has 1 aliphatic rings. The van der Waals surface area contributed by atoms with Crippen molar-refractivity contribution in [2.24, 2.45) is 5.92 Å². The van der Waals surface area contributed by atoms with Crippen molar-refractivity contribution < 1.29 is 14.8 Å². The van der Waals surface area contributed by atoms with Gasteiger partial charge in [0.15, 0.2) is 0 Å². The Morgan fingerprint density at radius 2 is 2.05 bits per heavy atom. The Hall–Kier alpha value is -0.875. The van der Waals surface area contributed by atoms with Crippen LogP contribution in [-0.4, -0.2) is 48.9 Å². The Balaban J connectivity index is 1.75. The highest BCUT2D eigenvalue weighted by molar-refractivity contribution is 6.59. The molecule has 1 aromatic rings. The van der Waals surface area contributed by atoms with E-state index in [9.17, 15) is 10.0 Å². The number of likely N-dealkylation sites (N-methyl/N-ethyl adjacent to an activating group) is 1. The third-order valence-corrected chi connectivity index (χ3v) is 3.44. The van der Waals surface area contributed by atoms with Gasteiger partial charge in [-0.05, 0) is 36.8 Å². The van der Waals surface area contributed by atoms with Crippen molar-refractivity contribution in [2.45, 2.75) is 19.4 Å². The molecular weight excluding hydrogens is 241 g/mol. The number of benzene rings is 1. The molecule has 0 amide bonds. The van der Waals surface area contributed by atoms with Gasteiger partial charge in [-0.15, -0.1) is 0 Å². The van der Waals surface area contributed by atoms with Crippen molar-refractivity contribution >= 4 is 12.6 Å². The minimum Gasteiger partial charge on any atom is -0.423 e. The molecule has 4 nitrogen and oxygen atoms in total. The van der Waals surface area contributed by atoms with E-state index >= 15 is 0 Å². The van der Waals surface area contributed by atoms with Gasteiger partial charge in [-0.1, -0.05) is 24.3 Å². The Bertz CT molecular complexity index is 396. The van der Waals surface area contributed by atoms with E-state index in [0.717, 1.165) is 31.2 Å². The van der Waals surface area contributed by atoms with Crippen molar-refractivity contribution in [2.75, 3.05) is 26.8 Å². The summed E-state index contributed by atoms with van der Waals surface area (Å²) in [6.07, 6.45) is 2.63. The standard InChI is InChI=1S/C14H22BNO3/c1-16(8-9-19-11-12-6-7-12)10-13-4-2-3-5-14(13)15(17)18/h2-5,12,17-18H,6-11H2,1H3. The molecule has 0 atom stereocenters. The molecule has 1 fully saturated rings. The van der Waals surface area contributed by atoms with Crippen molar-refractivity contribution in [3.63, 3.8) is 0 Å². The topological polar surface area (TPSA) is 52.9 Å². The van der Waals surface area contributed by atoms with E-state index in [2.05, 4.69) is 4.90 Å². The summed E-state index contributed by atoms with van der Waals surface area (Å²) in [5.41, 5.74) is 1.52. The zero-order valence-corrected chi connectivity index (χ0v) is 11.5. The normalized spacial score (nSPS) is 14.9. The molecule has 0 heterocycles. The van der Waals surface area contributed by atoms with Gasteiger partial charge < -0.3 is 14.8 Å². The van der Waals surface area contributed by atoms with E-state index in [4.69, 9.17) is 4.74 Å². The van der Waals surface area contributed by atoms with Gasteiger partial charge in [-0.25, -0.2) is 0 Å². The highest BCUT2D eigenvalue weighted by Gasteiger charge is 2.21. The van der Waals surface area contributed by atoms with Crippen molar-refractivity contribution in [1.29, 1.82) is 0 Å². The van der Waals surface area contributed by atoms with E-state index in [1.807, 2.05) is 25.2 Å². The first-order chi connectivity index (χ1) is 9.16. The van der Waals surface area contributed by atoms with Crippen molar-refractivity contribution in [1.82, 2.24) is 4.90 Å². The number of nitrogens with zero attached hydrogens (tertiary/aromatic N) is 1. The van der Waals surface area contributed by atoms with Crippen LogP contribution in [0.4, 0.5) is 0 Å². The minimum atomic E-state index is -1.41. The van der Waals surface area contributed by atoms with Gasteiger partial charge in [0, 0.05) is 19.7 Å². The lowest BCUT2D eigenvalue weighted by molar-refractivity contribution is 0.102. The molecule has 104 valence electrons. The smallest absolute Gasteiger partial charge is 0.423 e. The van der Waals surface area contributed by atoms with Crippen LogP contribution in [0.25, 0.3) is 0 Å². The Morgan fingerprint density at radius 1 is 1.32 bits per heavy atom. The third-order valence-electron chi connectivity index (χ3n) is 3.44. The fourth-order valence-electron chi connectivity index (χ4n) is 2.05. The lowest BCUT2D eigenvalue weighted by Crippen LogP contribution is -2.35. The van der Waals surface area contributed by atoms with E-state index in [1.165, 1.54) is 12.8 Å². The van der Waals surface area contributed by atoms with E-state index < -0.39 is 7.12 Å². The summed E-state index contributed by atoms with van der Waals surface area (Å²) in [6, 6.07) is 7.41. The molecule has 0 aromatic heterocycles. The summed E-state index contributed by atoms with van der Waals surface area (Å²) >= 11 is 0. The molecule has 1 aliphatic carbocycles. The fraction of sp³-hybridized carbons (Fsp3) is 0.571. The van der Waals surface area contributed by atoms with Gasteiger partial charge in [-0.2, -0.15) is 0 Å². The van der Waals surface area contributed by atoms with Crippen LogP contribution in [-0.2, 0) is 11.3 Å². The van der Waals surface area contributed by atoms with Gasteiger partial charge in [0.1, 0.15) is 0 Å². The van der Waals surface area contributed by atoms with Crippen LogP contribution >= 0.6 is 0 Å². The van der Waals surface area contributed by atoms with E-state index in [1.54, 1.807) is 6.07 Å². The summed E-state index contributed by atoms with van der Waals surface area (Å²) < 4.78 is 5.60. The van der Waals surface area contributed by atoms with Crippen LogP contribution in [0.15, 0.2) is 24.3 Å². The molecule has 0 radical (unpaired) electrons. The summed E-state index contributed by atoms with van der Waals surface area (Å²) in [4.78, 5) is 2.13. The first-order valence-electron chi connectivity index (χ1n) is 6.87. The van der Waals surface area contributed by atoms with Gasteiger partial charge >= 0.3 is 7.12 Å². The molecule has 0 aliphatic heterocycles. The first kappa shape index (κ1) is 14.5. The maximum absolute atomic E-state index is 9.31. The fourth-order valence-corrected chi connectivity index (χ4v) is 2.05. The third kappa shape index (κ3) is 4.95. The highest BCUT2D eigenvalue weighted by Crippen LogP contribution is 2.28. The molecule has 2 rings (SSSR count). The average Bonchev–Trinajstić information content (AvgIpc) is 3.19. The van der Waals surface area contributed by atoms with Gasteiger partial charge in [0.05, 0.1) is 6.61 Å². The van der Waals surface area contributed by atoms with Crippen molar-refractivity contribution in [3.8, 4) is 0 Å². The largest absolute Gasteiger partial charge is 0.488 e. The maximum Gasteiger partial charge on any atom is 0.488 e. The van der Waals surface area contributed by atoms with E-state index in [0.29, 0.717) is 12.0 Å². The SMILES string of the molecule is CN(CCOCC1CC1)Cc1ccccc1B(O)O. The van der Waals surface area contributed by atoms with Crippen LogP contribution in [0.5, 0.6) is 0 Å². The molecule has 1 aromatic carbocycles. The van der Waals surface area contributed by atoms with Crippen LogP contribution < -0.4 is 5.46 Å². The molecule has 19 heavy (non-hydrogen) atoms. The molecule has 5 heteroatoms. The first-order valence-corrected chi connectivity index (χ1v) is 6.87. The lowest BCUT2D eigenvalue weighted by atomic mass is 9.77.